The lowest BCUT2D eigenvalue weighted by Gasteiger charge is -2.43. The summed E-state index contributed by atoms with van der Waals surface area (Å²) in [6.07, 6.45) is 2.83. The number of carbonyl (C=O) groups excluding carboxylic acids is 2. The van der Waals surface area contributed by atoms with Gasteiger partial charge in [-0.3, -0.25) is 9.59 Å². The Hall–Kier alpha value is -2.68. The van der Waals surface area contributed by atoms with Crippen molar-refractivity contribution in [3.05, 3.63) is 54.2 Å². The van der Waals surface area contributed by atoms with Gasteiger partial charge in [0.1, 0.15) is 16.9 Å². The van der Waals surface area contributed by atoms with E-state index in [1.807, 2.05) is 30.3 Å². The molecule has 9 heteroatoms. The predicted molar refractivity (Wildman–Crippen MR) is 95.2 cm³/mol. The second-order valence-corrected chi connectivity index (χ2v) is 9.11. The Labute approximate surface area is 156 Å². The third-order valence-corrected chi connectivity index (χ3v) is 7.77. The molecule has 1 aromatic heterocycles. The highest BCUT2D eigenvalue weighted by atomic mass is 32.2. The Bertz CT molecular complexity index is 948. The standard InChI is InChI=1S/C18H19N3O5S/c22-16-12-27(24,25)18(21(16)10-14-4-2-1-3-5-14)6-8-20(9-7-18)17(23)15-11-26-13-19-15/h1-5,11,13H,6-10,12H2. The van der Waals surface area contributed by atoms with Crippen molar-refractivity contribution < 1.29 is 22.4 Å². The third-order valence-electron chi connectivity index (χ3n) is 5.35. The predicted octanol–water partition coefficient (Wildman–Crippen LogP) is 1.06. The number of likely N-dealkylation sites (tertiary alicyclic amines) is 1. The zero-order valence-electron chi connectivity index (χ0n) is 14.6. The van der Waals surface area contributed by atoms with Crippen LogP contribution in [0, 0.1) is 0 Å². The maximum absolute atomic E-state index is 12.9. The molecule has 1 aromatic carbocycles. The van der Waals surface area contributed by atoms with Crippen LogP contribution >= 0.6 is 0 Å². The molecule has 2 aliphatic heterocycles. The molecule has 0 radical (unpaired) electrons. The fourth-order valence-electron chi connectivity index (χ4n) is 3.89. The Morgan fingerprint density at radius 2 is 1.89 bits per heavy atom. The van der Waals surface area contributed by atoms with Crippen LogP contribution in [0.5, 0.6) is 0 Å². The number of hydrogen-bond acceptors (Lipinski definition) is 6. The number of amides is 2. The van der Waals surface area contributed by atoms with Crippen molar-refractivity contribution in [2.45, 2.75) is 24.3 Å². The number of piperidine rings is 1. The van der Waals surface area contributed by atoms with Gasteiger partial charge in [-0.15, -0.1) is 0 Å². The topological polar surface area (TPSA) is 101 Å². The number of hydrogen-bond donors (Lipinski definition) is 0. The lowest BCUT2D eigenvalue weighted by Crippen LogP contribution is -2.56. The number of sulfone groups is 1. The van der Waals surface area contributed by atoms with E-state index in [0.717, 1.165) is 5.56 Å². The molecule has 2 aliphatic rings. The van der Waals surface area contributed by atoms with Crippen LogP contribution in [0.25, 0.3) is 0 Å². The monoisotopic (exact) mass is 389 g/mol. The van der Waals surface area contributed by atoms with Crippen LogP contribution in [0.3, 0.4) is 0 Å². The van der Waals surface area contributed by atoms with E-state index in [0.29, 0.717) is 0 Å². The summed E-state index contributed by atoms with van der Waals surface area (Å²) in [7, 11) is -3.63. The molecule has 0 unspecified atom stereocenters. The maximum atomic E-state index is 12.9. The number of benzene rings is 1. The minimum atomic E-state index is -3.63. The van der Waals surface area contributed by atoms with Gasteiger partial charge in [0, 0.05) is 32.5 Å². The molecular formula is C18H19N3O5S. The molecule has 0 N–H and O–H groups in total. The lowest BCUT2D eigenvalue weighted by atomic mass is 10.0. The van der Waals surface area contributed by atoms with E-state index in [1.54, 1.807) is 4.90 Å². The number of rotatable bonds is 3. The molecule has 0 saturated carbocycles. The molecule has 2 amide bonds. The number of aromatic nitrogens is 1. The molecular weight excluding hydrogens is 370 g/mol. The highest BCUT2D eigenvalue weighted by molar-refractivity contribution is 7.93. The summed E-state index contributed by atoms with van der Waals surface area (Å²) in [6.45, 7) is 0.725. The fourth-order valence-corrected chi connectivity index (χ4v) is 5.94. The molecule has 1 spiro atoms. The highest BCUT2D eigenvalue weighted by Crippen LogP contribution is 2.41. The zero-order chi connectivity index (χ0) is 19.1. The normalized spacial score (nSPS) is 21.0. The first-order chi connectivity index (χ1) is 12.9. The molecule has 4 rings (SSSR count). The lowest BCUT2D eigenvalue weighted by molar-refractivity contribution is -0.131. The quantitative estimate of drug-likeness (QED) is 0.778. The van der Waals surface area contributed by atoms with Gasteiger partial charge in [-0.25, -0.2) is 13.4 Å². The minimum absolute atomic E-state index is 0.192. The first-order valence-corrected chi connectivity index (χ1v) is 10.3. The molecule has 142 valence electrons. The van der Waals surface area contributed by atoms with Crippen LogP contribution < -0.4 is 0 Å². The second kappa shape index (κ2) is 6.49. The van der Waals surface area contributed by atoms with E-state index in [4.69, 9.17) is 4.42 Å². The van der Waals surface area contributed by atoms with Crippen molar-refractivity contribution in [2.24, 2.45) is 0 Å². The largest absolute Gasteiger partial charge is 0.451 e. The zero-order valence-corrected chi connectivity index (χ0v) is 15.4. The summed E-state index contributed by atoms with van der Waals surface area (Å²) in [4.78, 5) is 30.6. The molecule has 2 aromatic rings. The van der Waals surface area contributed by atoms with Gasteiger partial charge in [-0.1, -0.05) is 30.3 Å². The summed E-state index contributed by atoms with van der Waals surface area (Å²) in [6, 6.07) is 9.33. The van der Waals surface area contributed by atoms with Gasteiger partial charge in [0.2, 0.25) is 5.91 Å². The van der Waals surface area contributed by atoms with Crippen molar-refractivity contribution in [3.8, 4) is 0 Å². The molecule has 27 heavy (non-hydrogen) atoms. The van der Waals surface area contributed by atoms with E-state index in [-0.39, 0.29) is 50.0 Å². The smallest absolute Gasteiger partial charge is 0.275 e. The van der Waals surface area contributed by atoms with Crippen molar-refractivity contribution in [2.75, 3.05) is 18.8 Å². The van der Waals surface area contributed by atoms with Gasteiger partial charge in [0.15, 0.2) is 21.9 Å². The fraction of sp³-hybridized carbons (Fsp3) is 0.389. The van der Waals surface area contributed by atoms with Crippen molar-refractivity contribution in [1.82, 2.24) is 14.8 Å². The average molecular weight is 389 g/mol. The van der Waals surface area contributed by atoms with Crippen LogP contribution in [-0.4, -0.2) is 58.7 Å². The van der Waals surface area contributed by atoms with Crippen molar-refractivity contribution in [3.63, 3.8) is 0 Å². The summed E-state index contributed by atoms with van der Waals surface area (Å²) in [5.74, 6) is -1.15. The van der Waals surface area contributed by atoms with Gasteiger partial charge in [0.05, 0.1) is 0 Å². The third kappa shape index (κ3) is 2.91. The number of carbonyl (C=O) groups is 2. The van der Waals surface area contributed by atoms with Crippen LogP contribution in [0.4, 0.5) is 0 Å². The van der Waals surface area contributed by atoms with Gasteiger partial charge >= 0.3 is 0 Å². The Morgan fingerprint density at radius 1 is 1.19 bits per heavy atom. The molecule has 2 saturated heterocycles. The van der Waals surface area contributed by atoms with Crippen LogP contribution in [-0.2, 0) is 21.2 Å². The summed E-state index contributed by atoms with van der Waals surface area (Å²) >= 11 is 0. The molecule has 0 bridgehead atoms. The molecule has 0 aliphatic carbocycles. The SMILES string of the molecule is O=C(c1cocn1)N1CCC2(CC1)N(Cc1ccccc1)C(=O)CS2(=O)=O. The maximum Gasteiger partial charge on any atom is 0.275 e. The summed E-state index contributed by atoms with van der Waals surface area (Å²) < 4.78 is 30.6. The Kier molecular flexibility index (Phi) is 4.26. The Balaban J connectivity index is 1.58. The first-order valence-electron chi connectivity index (χ1n) is 8.67. The molecule has 2 fully saturated rings. The van der Waals surface area contributed by atoms with E-state index >= 15 is 0 Å². The van der Waals surface area contributed by atoms with Crippen LogP contribution in [0.15, 0.2) is 47.4 Å². The average Bonchev–Trinajstić information content (AvgIpc) is 3.25. The summed E-state index contributed by atoms with van der Waals surface area (Å²) in [5.41, 5.74) is 1.07. The van der Waals surface area contributed by atoms with Crippen molar-refractivity contribution in [1.29, 1.82) is 0 Å². The van der Waals surface area contributed by atoms with Gasteiger partial charge in [-0.2, -0.15) is 0 Å². The van der Waals surface area contributed by atoms with Gasteiger partial charge in [-0.05, 0) is 5.56 Å². The second-order valence-electron chi connectivity index (χ2n) is 6.84. The highest BCUT2D eigenvalue weighted by Gasteiger charge is 2.58. The van der Waals surface area contributed by atoms with Crippen molar-refractivity contribution >= 4 is 21.7 Å². The minimum Gasteiger partial charge on any atom is -0.451 e. The number of oxazole rings is 1. The first kappa shape index (κ1) is 17.7. The van der Waals surface area contributed by atoms with Crippen LogP contribution in [0.1, 0.15) is 28.9 Å². The number of nitrogens with zero attached hydrogens (tertiary/aromatic N) is 3. The van der Waals surface area contributed by atoms with E-state index in [9.17, 15) is 18.0 Å². The Morgan fingerprint density at radius 3 is 2.52 bits per heavy atom. The molecule has 8 nitrogen and oxygen atoms in total. The van der Waals surface area contributed by atoms with Gasteiger partial charge < -0.3 is 14.2 Å². The van der Waals surface area contributed by atoms with E-state index < -0.39 is 20.5 Å². The van der Waals surface area contributed by atoms with E-state index in [2.05, 4.69) is 4.98 Å². The van der Waals surface area contributed by atoms with Crippen LogP contribution in [0.2, 0.25) is 0 Å². The summed E-state index contributed by atoms with van der Waals surface area (Å²) in [5, 5.41) is 0. The van der Waals surface area contributed by atoms with E-state index in [1.165, 1.54) is 17.6 Å². The molecule has 3 heterocycles. The van der Waals surface area contributed by atoms with Gasteiger partial charge in [0.25, 0.3) is 5.91 Å². The molecule has 0 atom stereocenters.